The summed E-state index contributed by atoms with van der Waals surface area (Å²) in [6.45, 7) is 0.109. The molecule has 0 saturated carbocycles. The number of aryl methyl sites for hydroxylation is 1. The van der Waals surface area contributed by atoms with Crippen molar-refractivity contribution in [2.75, 3.05) is 6.61 Å². The van der Waals surface area contributed by atoms with Crippen LogP contribution in [0.25, 0.3) is 5.65 Å². The molecule has 0 radical (unpaired) electrons. The molecular formula is C10H11N3O2. The van der Waals surface area contributed by atoms with Gasteiger partial charge in [-0.05, 0) is 18.6 Å². The van der Waals surface area contributed by atoms with Gasteiger partial charge in [-0.15, -0.1) is 10.2 Å². The summed E-state index contributed by atoms with van der Waals surface area (Å²) >= 11 is 0. The second kappa shape index (κ2) is 4.18. The van der Waals surface area contributed by atoms with Gasteiger partial charge >= 0.3 is 0 Å². The van der Waals surface area contributed by atoms with Crippen molar-refractivity contribution in [1.82, 2.24) is 14.6 Å². The third-order valence-electron chi connectivity index (χ3n) is 2.20. The molecule has 0 atom stereocenters. The molecule has 2 heterocycles. The summed E-state index contributed by atoms with van der Waals surface area (Å²) in [5.74, 6) is 0.710. The van der Waals surface area contributed by atoms with Crippen LogP contribution in [0, 0.1) is 0 Å². The first-order chi connectivity index (χ1) is 7.36. The number of rotatable bonds is 4. The number of aliphatic hydroxyl groups excluding tert-OH is 1. The molecule has 0 aromatic carbocycles. The molecule has 0 aliphatic carbocycles. The van der Waals surface area contributed by atoms with Crippen LogP contribution in [-0.4, -0.2) is 32.6 Å². The van der Waals surface area contributed by atoms with E-state index in [0.717, 1.165) is 6.29 Å². The molecule has 2 rings (SSSR count). The first-order valence-corrected chi connectivity index (χ1v) is 4.76. The number of carbonyl (C=O) groups is 1. The highest BCUT2D eigenvalue weighted by molar-refractivity contribution is 5.73. The molecule has 5 nitrogen and oxygen atoms in total. The minimum Gasteiger partial charge on any atom is -0.396 e. The number of hydrogen-bond acceptors (Lipinski definition) is 4. The lowest BCUT2D eigenvalue weighted by atomic mass is 10.3. The first-order valence-electron chi connectivity index (χ1n) is 4.76. The zero-order valence-electron chi connectivity index (χ0n) is 8.13. The molecule has 0 spiro atoms. The summed E-state index contributed by atoms with van der Waals surface area (Å²) in [6.07, 6.45) is 2.01. The van der Waals surface area contributed by atoms with Crippen LogP contribution in [0.4, 0.5) is 0 Å². The Morgan fingerprint density at radius 3 is 3.00 bits per heavy atom. The van der Waals surface area contributed by atoms with Crippen LogP contribution in [0.3, 0.4) is 0 Å². The fraction of sp³-hybridized carbons (Fsp3) is 0.300. The molecule has 0 amide bonds. The number of pyridine rings is 1. The van der Waals surface area contributed by atoms with E-state index in [1.165, 1.54) is 0 Å². The van der Waals surface area contributed by atoms with Gasteiger partial charge < -0.3 is 5.11 Å². The van der Waals surface area contributed by atoms with Gasteiger partial charge in [-0.25, -0.2) is 0 Å². The number of fused-ring (bicyclic) bond motifs is 1. The summed E-state index contributed by atoms with van der Waals surface area (Å²) < 4.78 is 1.71. The van der Waals surface area contributed by atoms with Crippen molar-refractivity contribution in [2.45, 2.75) is 12.8 Å². The normalized spacial score (nSPS) is 10.7. The molecule has 2 aromatic heterocycles. The Morgan fingerprint density at radius 1 is 1.40 bits per heavy atom. The van der Waals surface area contributed by atoms with E-state index in [9.17, 15) is 4.79 Å². The molecule has 1 N–H and O–H groups in total. The van der Waals surface area contributed by atoms with E-state index in [4.69, 9.17) is 5.11 Å². The zero-order valence-corrected chi connectivity index (χ0v) is 8.13. The lowest BCUT2D eigenvalue weighted by molar-refractivity contribution is 0.111. The van der Waals surface area contributed by atoms with Crippen LogP contribution >= 0.6 is 0 Å². The Bertz CT molecular complexity index is 478. The number of aliphatic hydroxyl groups is 1. The van der Waals surface area contributed by atoms with Crippen LogP contribution in [0.5, 0.6) is 0 Å². The average molecular weight is 205 g/mol. The Kier molecular flexibility index (Phi) is 2.73. The predicted molar refractivity (Wildman–Crippen MR) is 53.8 cm³/mol. The zero-order chi connectivity index (χ0) is 10.7. The van der Waals surface area contributed by atoms with Gasteiger partial charge in [-0.1, -0.05) is 6.07 Å². The maximum absolute atomic E-state index is 10.8. The van der Waals surface area contributed by atoms with Crippen molar-refractivity contribution >= 4 is 11.9 Å². The van der Waals surface area contributed by atoms with Gasteiger partial charge in [0.2, 0.25) is 0 Å². The number of nitrogens with zero attached hydrogens (tertiary/aromatic N) is 3. The summed E-state index contributed by atoms with van der Waals surface area (Å²) in [5, 5.41) is 16.7. The molecule has 0 fully saturated rings. The van der Waals surface area contributed by atoms with Crippen molar-refractivity contribution in [2.24, 2.45) is 0 Å². The molecule has 0 aliphatic rings. The lowest BCUT2D eigenvalue weighted by Gasteiger charge is -2.00. The van der Waals surface area contributed by atoms with E-state index in [1.54, 1.807) is 22.6 Å². The summed E-state index contributed by atoms with van der Waals surface area (Å²) in [6, 6.07) is 5.28. The van der Waals surface area contributed by atoms with Gasteiger partial charge in [-0.2, -0.15) is 0 Å². The van der Waals surface area contributed by atoms with E-state index in [1.807, 2.05) is 0 Å². The lowest BCUT2D eigenvalue weighted by Crippen LogP contribution is -2.01. The van der Waals surface area contributed by atoms with E-state index in [0.29, 0.717) is 30.0 Å². The topological polar surface area (TPSA) is 67.5 Å². The molecule has 0 aliphatic heterocycles. The van der Waals surface area contributed by atoms with Crippen molar-refractivity contribution in [1.29, 1.82) is 0 Å². The molecule has 0 unspecified atom stereocenters. The molecule has 15 heavy (non-hydrogen) atoms. The standard InChI is InChI=1S/C10H11N3O2/c14-6-2-5-10-12-11-9-4-1-3-8(7-15)13(9)10/h1,3-4,7,14H,2,5-6H2. The van der Waals surface area contributed by atoms with E-state index >= 15 is 0 Å². The van der Waals surface area contributed by atoms with Crippen LogP contribution < -0.4 is 0 Å². The van der Waals surface area contributed by atoms with Gasteiger partial charge in [-0.3, -0.25) is 9.20 Å². The Morgan fingerprint density at radius 2 is 2.27 bits per heavy atom. The largest absolute Gasteiger partial charge is 0.396 e. The summed E-state index contributed by atoms with van der Waals surface area (Å²) in [4.78, 5) is 10.8. The van der Waals surface area contributed by atoms with E-state index in [-0.39, 0.29) is 6.61 Å². The predicted octanol–water partition coefficient (Wildman–Crippen LogP) is 0.467. The number of hydrogen-bond donors (Lipinski definition) is 1. The van der Waals surface area contributed by atoms with Crippen LogP contribution in [0.1, 0.15) is 22.7 Å². The number of aldehydes is 1. The molecule has 2 aromatic rings. The van der Waals surface area contributed by atoms with E-state index in [2.05, 4.69) is 10.2 Å². The Balaban J connectivity index is 2.50. The number of carbonyl (C=O) groups excluding carboxylic acids is 1. The second-order valence-corrected chi connectivity index (χ2v) is 3.21. The molecular weight excluding hydrogens is 194 g/mol. The minimum absolute atomic E-state index is 0.109. The van der Waals surface area contributed by atoms with Crippen molar-refractivity contribution < 1.29 is 9.90 Å². The van der Waals surface area contributed by atoms with Gasteiger partial charge in [0.15, 0.2) is 11.9 Å². The molecule has 0 bridgehead atoms. The first kappa shape index (κ1) is 9.79. The monoisotopic (exact) mass is 205 g/mol. The molecule has 5 heteroatoms. The quantitative estimate of drug-likeness (QED) is 0.736. The van der Waals surface area contributed by atoms with Crippen LogP contribution in [-0.2, 0) is 6.42 Å². The highest BCUT2D eigenvalue weighted by Gasteiger charge is 2.07. The maximum Gasteiger partial charge on any atom is 0.166 e. The smallest absolute Gasteiger partial charge is 0.166 e. The van der Waals surface area contributed by atoms with Crippen LogP contribution in [0.2, 0.25) is 0 Å². The SMILES string of the molecule is O=Cc1cccc2nnc(CCCO)n12. The minimum atomic E-state index is 0.109. The fourth-order valence-corrected chi connectivity index (χ4v) is 1.52. The fourth-order valence-electron chi connectivity index (χ4n) is 1.52. The number of aromatic nitrogens is 3. The molecule has 78 valence electrons. The second-order valence-electron chi connectivity index (χ2n) is 3.21. The third kappa shape index (κ3) is 1.73. The summed E-state index contributed by atoms with van der Waals surface area (Å²) in [7, 11) is 0. The van der Waals surface area contributed by atoms with Gasteiger partial charge in [0.05, 0.1) is 5.69 Å². The van der Waals surface area contributed by atoms with E-state index < -0.39 is 0 Å². The van der Waals surface area contributed by atoms with Crippen molar-refractivity contribution in [3.05, 3.63) is 29.7 Å². The highest BCUT2D eigenvalue weighted by atomic mass is 16.2. The molecule has 0 saturated heterocycles. The maximum atomic E-state index is 10.8. The average Bonchev–Trinajstić information content (AvgIpc) is 2.69. The van der Waals surface area contributed by atoms with Crippen molar-refractivity contribution in [3.63, 3.8) is 0 Å². The van der Waals surface area contributed by atoms with Gasteiger partial charge in [0.1, 0.15) is 5.82 Å². The van der Waals surface area contributed by atoms with Crippen molar-refractivity contribution in [3.8, 4) is 0 Å². The van der Waals surface area contributed by atoms with Gasteiger partial charge in [0.25, 0.3) is 0 Å². The Hall–Kier alpha value is -1.75. The van der Waals surface area contributed by atoms with Gasteiger partial charge in [0, 0.05) is 13.0 Å². The van der Waals surface area contributed by atoms with Crippen LogP contribution in [0.15, 0.2) is 18.2 Å². The third-order valence-corrected chi connectivity index (χ3v) is 2.20. The Labute approximate surface area is 86.4 Å². The summed E-state index contributed by atoms with van der Waals surface area (Å²) in [5.41, 5.74) is 1.19. The highest BCUT2D eigenvalue weighted by Crippen LogP contribution is 2.08.